The third-order valence-corrected chi connectivity index (χ3v) is 7.26. The van der Waals surface area contributed by atoms with E-state index in [4.69, 9.17) is 4.42 Å². The summed E-state index contributed by atoms with van der Waals surface area (Å²) >= 11 is 0. The number of benzene rings is 1. The number of carbonyl (C=O) groups excluding carboxylic acids is 2. The fraction of sp³-hybridized carbons (Fsp3) is 0.484. The maximum Gasteiger partial charge on any atom is 0.247 e. The first-order chi connectivity index (χ1) is 18.2. The van der Waals surface area contributed by atoms with Crippen molar-refractivity contribution in [1.82, 2.24) is 9.47 Å². The second-order valence-corrected chi connectivity index (χ2v) is 10.0. The van der Waals surface area contributed by atoms with Crippen LogP contribution in [0.15, 0.2) is 65.4 Å². The first-order valence-electron chi connectivity index (χ1n) is 14.1. The van der Waals surface area contributed by atoms with Crippen LogP contribution in [0.3, 0.4) is 0 Å². The Morgan fingerprint density at radius 2 is 1.57 bits per heavy atom. The molecular weight excluding hydrogens is 462 g/mol. The summed E-state index contributed by atoms with van der Waals surface area (Å²) in [5, 5.41) is 0. The van der Waals surface area contributed by atoms with Crippen molar-refractivity contribution in [3.05, 3.63) is 72.4 Å². The topological polar surface area (TPSA) is 58.7 Å². The molecule has 37 heavy (non-hydrogen) atoms. The van der Waals surface area contributed by atoms with Gasteiger partial charge in [-0.1, -0.05) is 70.9 Å². The maximum absolute atomic E-state index is 14.0. The van der Waals surface area contributed by atoms with Crippen molar-refractivity contribution in [2.45, 2.75) is 84.1 Å². The Balaban J connectivity index is 1.51. The molecule has 0 N–H and O–H groups in total. The molecule has 0 fully saturated rings. The quantitative estimate of drug-likeness (QED) is 0.217. The fourth-order valence-corrected chi connectivity index (χ4v) is 5.25. The number of para-hydroxylation sites is 2. The fourth-order valence-electron chi connectivity index (χ4n) is 5.25. The lowest BCUT2D eigenvalue weighted by Crippen LogP contribution is -2.47. The van der Waals surface area contributed by atoms with Crippen molar-refractivity contribution < 1.29 is 14.0 Å². The summed E-state index contributed by atoms with van der Waals surface area (Å²) in [5.74, 6) is 0.696. The molecule has 6 heteroatoms. The van der Waals surface area contributed by atoms with Gasteiger partial charge in [-0.2, -0.15) is 0 Å². The third-order valence-electron chi connectivity index (χ3n) is 7.26. The van der Waals surface area contributed by atoms with Gasteiger partial charge in [-0.3, -0.25) is 14.5 Å². The summed E-state index contributed by atoms with van der Waals surface area (Å²) in [4.78, 5) is 30.9. The molecule has 1 aliphatic heterocycles. The number of fused-ring (bicyclic) bond motifs is 3. The number of hydrogen-bond donors (Lipinski definition) is 0. The second kappa shape index (κ2) is 13.3. The molecule has 2 aromatic heterocycles. The molecule has 0 aliphatic carbocycles. The molecule has 0 saturated heterocycles. The van der Waals surface area contributed by atoms with E-state index in [1.54, 1.807) is 11.2 Å². The van der Waals surface area contributed by atoms with E-state index >= 15 is 0 Å². The van der Waals surface area contributed by atoms with Crippen molar-refractivity contribution in [3.8, 4) is 5.69 Å². The first kappa shape index (κ1) is 26.8. The Bertz CT molecular complexity index is 1130. The number of furan rings is 1. The lowest BCUT2D eigenvalue weighted by Gasteiger charge is -2.38. The number of amides is 2. The van der Waals surface area contributed by atoms with E-state index in [0.29, 0.717) is 18.7 Å². The minimum Gasteiger partial charge on any atom is -0.467 e. The van der Waals surface area contributed by atoms with Crippen LogP contribution >= 0.6 is 0 Å². The van der Waals surface area contributed by atoms with Gasteiger partial charge in [0.2, 0.25) is 11.8 Å². The van der Waals surface area contributed by atoms with Crippen molar-refractivity contribution in [2.75, 3.05) is 18.0 Å². The molecular formula is C31H41N3O3. The van der Waals surface area contributed by atoms with E-state index < -0.39 is 6.04 Å². The zero-order valence-electron chi connectivity index (χ0n) is 22.4. The summed E-state index contributed by atoms with van der Waals surface area (Å²) in [6.45, 7) is 5.01. The summed E-state index contributed by atoms with van der Waals surface area (Å²) in [7, 11) is 0. The van der Waals surface area contributed by atoms with Gasteiger partial charge in [0.25, 0.3) is 0 Å². The van der Waals surface area contributed by atoms with E-state index in [9.17, 15) is 9.59 Å². The predicted molar refractivity (Wildman–Crippen MR) is 148 cm³/mol. The van der Waals surface area contributed by atoms with Gasteiger partial charge in [-0.25, -0.2) is 0 Å². The molecule has 1 aromatic carbocycles. The van der Waals surface area contributed by atoms with Gasteiger partial charge in [0.15, 0.2) is 0 Å². The Hall–Kier alpha value is -3.28. The number of aromatic nitrogens is 1. The summed E-state index contributed by atoms with van der Waals surface area (Å²) in [5.41, 5.74) is 2.75. The Kier molecular flexibility index (Phi) is 9.64. The number of nitrogens with zero attached hydrogens (tertiary/aromatic N) is 3. The van der Waals surface area contributed by atoms with Crippen LogP contribution in [0.5, 0.6) is 0 Å². The molecule has 3 heterocycles. The van der Waals surface area contributed by atoms with Crippen LogP contribution in [0, 0.1) is 0 Å². The van der Waals surface area contributed by atoms with Gasteiger partial charge in [0.05, 0.1) is 23.3 Å². The standard InChI is InChI=1S/C31H41N3O3/c1-3-5-7-8-9-10-11-20-29(35)32(21-6-4-2)24-30(36)34-26-17-13-12-16-25(26)33-22-14-18-27(33)31(34)28-19-15-23-37-28/h12-19,22-23,31H,3-11,20-21,24H2,1-2H3/t31-/m0/s1. The molecule has 0 bridgehead atoms. The minimum atomic E-state index is -0.390. The van der Waals surface area contributed by atoms with Crippen molar-refractivity contribution in [2.24, 2.45) is 0 Å². The van der Waals surface area contributed by atoms with Crippen LogP contribution in [0.2, 0.25) is 0 Å². The molecule has 0 unspecified atom stereocenters. The zero-order valence-corrected chi connectivity index (χ0v) is 22.4. The van der Waals surface area contributed by atoms with Gasteiger partial charge in [-0.15, -0.1) is 0 Å². The number of anilines is 1. The van der Waals surface area contributed by atoms with Crippen LogP contribution in [0.25, 0.3) is 5.69 Å². The van der Waals surface area contributed by atoms with Crippen molar-refractivity contribution >= 4 is 17.5 Å². The minimum absolute atomic E-state index is 0.0710. The van der Waals surface area contributed by atoms with E-state index in [0.717, 1.165) is 42.8 Å². The molecule has 6 nitrogen and oxygen atoms in total. The molecule has 2 amide bonds. The van der Waals surface area contributed by atoms with Crippen LogP contribution in [0.1, 0.15) is 95.6 Å². The van der Waals surface area contributed by atoms with Crippen LogP contribution in [-0.2, 0) is 9.59 Å². The third kappa shape index (κ3) is 6.35. The second-order valence-electron chi connectivity index (χ2n) is 10.0. The van der Waals surface area contributed by atoms with Gasteiger partial charge in [0, 0.05) is 19.2 Å². The Morgan fingerprint density at radius 1 is 0.838 bits per heavy atom. The van der Waals surface area contributed by atoms with E-state index in [-0.39, 0.29) is 18.4 Å². The molecule has 0 saturated carbocycles. The maximum atomic E-state index is 14.0. The van der Waals surface area contributed by atoms with Crippen LogP contribution < -0.4 is 4.90 Å². The van der Waals surface area contributed by atoms with E-state index in [2.05, 4.69) is 18.4 Å². The number of rotatable bonds is 14. The molecule has 0 radical (unpaired) electrons. The highest BCUT2D eigenvalue weighted by atomic mass is 16.3. The summed E-state index contributed by atoms with van der Waals surface area (Å²) in [6.07, 6.45) is 14.2. The van der Waals surface area contributed by atoms with Gasteiger partial charge >= 0.3 is 0 Å². The molecule has 4 rings (SSSR count). The Labute approximate surface area is 221 Å². The molecule has 1 aliphatic rings. The number of carbonyl (C=O) groups is 2. The van der Waals surface area contributed by atoms with E-state index in [1.165, 1.54) is 32.1 Å². The molecule has 198 valence electrons. The first-order valence-corrected chi connectivity index (χ1v) is 14.1. The average Bonchev–Trinajstić information content (AvgIpc) is 3.62. The van der Waals surface area contributed by atoms with Gasteiger partial charge in [0.1, 0.15) is 18.3 Å². The molecule has 3 aromatic rings. The normalized spacial score (nSPS) is 14.3. The SMILES string of the molecule is CCCCCCCCCC(=O)N(CCCC)CC(=O)N1c2ccccc2-n2cccc2[C@H]1c1ccco1. The smallest absolute Gasteiger partial charge is 0.247 e. The largest absolute Gasteiger partial charge is 0.467 e. The van der Waals surface area contributed by atoms with Gasteiger partial charge < -0.3 is 13.9 Å². The number of hydrogen-bond acceptors (Lipinski definition) is 3. The summed E-state index contributed by atoms with van der Waals surface area (Å²) in [6, 6.07) is 15.3. The predicted octanol–water partition coefficient (Wildman–Crippen LogP) is 7.28. The van der Waals surface area contributed by atoms with Crippen LogP contribution in [0.4, 0.5) is 5.69 Å². The zero-order chi connectivity index (χ0) is 26.0. The van der Waals surface area contributed by atoms with Crippen molar-refractivity contribution in [1.29, 1.82) is 0 Å². The number of unbranched alkanes of at least 4 members (excludes halogenated alkanes) is 7. The van der Waals surface area contributed by atoms with Crippen molar-refractivity contribution in [3.63, 3.8) is 0 Å². The van der Waals surface area contributed by atoms with E-state index in [1.807, 2.05) is 59.6 Å². The lowest BCUT2D eigenvalue weighted by molar-refractivity contribution is -0.135. The monoisotopic (exact) mass is 503 g/mol. The average molecular weight is 504 g/mol. The van der Waals surface area contributed by atoms with Gasteiger partial charge in [-0.05, 0) is 49.2 Å². The molecule has 0 spiro atoms. The molecule has 1 atom stereocenters. The highest BCUT2D eigenvalue weighted by Gasteiger charge is 2.38. The summed E-state index contributed by atoms with van der Waals surface area (Å²) < 4.78 is 7.94. The highest BCUT2D eigenvalue weighted by Crippen LogP contribution is 2.42. The lowest BCUT2D eigenvalue weighted by atomic mass is 10.0. The Morgan fingerprint density at radius 3 is 2.30 bits per heavy atom. The highest BCUT2D eigenvalue weighted by molar-refractivity contribution is 6.00. The van der Waals surface area contributed by atoms with Crippen LogP contribution in [-0.4, -0.2) is 34.4 Å².